The van der Waals surface area contributed by atoms with Gasteiger partial charge in [-0.1, -0.05) is 6.92 Å². The third-order valence-electron chi connectivity index (χ3n) is 3.32. The summed E-state index contributed by atoms with van der Waals surface area (Å²) in [6, 6.07) is 0. The number of nitrogen functional groups attached to an aromatic ring is 1. The Morgan fingerprint density at radius 2 is 2.16 bits per heavy atom. The van der Waals surface area contributed by atoms with Gasteiger partial charge in [-0.05, 0) is 18.8 Å². The van der Waals surface area contributed by atoms with Crippen LogP contribution in [0, 0.1) is 5.92 Å². The SMILES string of the molecule is CCc1c(NN)ncnc1NCC1CCS(=O)(=O)C1. The van der Waals surface area contributed by atoms with E-state index in [1.54, 1.807) is 0 Å². The van der Waals surface area contributed by atoms with E-state index in [-0.39, 0.29) is 11.7 Å². The highest BCUT2D eigenvalue weighted by Crippen LogP contribution is 2.22. The molecule has 1 aromatic rings. The first-order valence-corrected chi connectivity index (χ1v) is 8.12. The number of hydrogen-bond donors (Lipinski definition) is 3. The van der Waals surface area contributed by atoms with Crippen molar-refractivity contribution in [3.8, 4) is 0 Å². The summed E-state index contributed by atoms with van der Waals surface area (Å²) in [6.07, 6.45) is 2.89. The molecule has 4 N–H and O–H groups in total. The Hall–Kier alpha value is -1.41. The van der Waals surface area contributed by atoms with Crippen molar-refractivity contribution in [1.29, 1.82) is 0 Å². The normalized spacial score (nSPS) is 21.3. The molecule has 1 aliphatic rings. The molecule has 8 heteroatoms. The first-order chi connectivity index (χ1) is 9.05. The maximum atomic E-state index is 11.4. The minimum absolute atomic E-state index is 0.152. The van der Waals surface area contributed by atoms with E-state index >= 15 is 0 Å². The van der Waals surface area contributed by atoms with Crippen molar-refractivity contribution < 1.29 is 8.42 Å². The smallest absolute Gasteiger partial charge is 0.150 e. The van der Waals surface area contributed by atoms with E-state index in [0.717, 1.165) is 17.8 Å². The van der Waals surface area contributed by atoms with Gasteiger partial charge in [-0.2, -0.15) is 0 Å². The van der Waals surface area contributed by atoms with E-state index in [1.807, 2.05) is 6.92 Å². The average Bonchev–Trinajstić information content (AvgIpc) is 2.75. The average molecular weight is 285 g/mol. The minimum atomic E-state index is -2.83. The molecule has 0 radical (unpaired) electrons. The van der Waals surface area contributed by atoms with Gasteiger partial charge < -0.3 is 10.7 Å². The van der Waals surface area contributed by atoms with Gasteiger partial charge in [0.05, 0.1) is 11.5 Å². The van der Waals surface area contributed by atoms with Gasteiger partial charge in [0.1, 0.15) is 18.0 Å². The van der Waals surface area contributed by atoms with Gasteiger partial charge >= 0.3 is 0 Å². The molecule has 1 unspecified atom stereocenters. The van der Waals surface area contributed by atoms with Crippen LogP contribution in [0.4, 0.5) is 11.6 Å². The third-order valence-corrected chi connectivity index (χ3v) is 5.16. The number of nitrogens with one attached hydrogen (secondary N) is 2. The maximum Gasteiger partial charge on any atom is 0.150 e. The molecule has 1 aromatic heterocycles. The number of nitrogens with two attached hydrogens (primary N) is 1. The summed E-state index contributed by atoms with van der Waals surface area (Å²) < 4.78 is 22.8. The second-order valence-corrected chi connectivity index (χ2v) is 6.93. The number of rotatable bonds is 5. The first kappa shape index (κ1) is 14.0. The maximum absolute atomic E-state index is 11.4. The molecule has 0 spiro atoms. The number of hydrazine groups is 1. The third kappa shape index (κ3) is 3.32. The van der Waals surface area contributed by atoms with Gasteiger partial charge in [0.15, 0.2) is 9.84 Å². The molecule has 19 heavy (non-hydrogen) atoms. The van der Waals surface area contributed by atoms with Crippen LogP contribution in [0.5, 0.6) is 0 Å². The number of sulfone groups is 1. The standard InChI is InChI=1S/C11H19N5O2S/c1-2-9-10(14-7-15-11(9)16-12)13-5-8-3-4-19(17,18)6-8/h7-8H,2-6,12H2,1H3,(H2,13,14,15,16). The van der Waals surface area contributed by atoms with Gasteiger partial charge in [-0.15, -0.1) is 0 Å². The molecule has 0 saturated carbocycles. The summed E-state index contributed by atoms with van der Waals surface area (Å²) in [5, 5.41) is 3.21. The Morgan fingerprint density at radius 1 is 1.42 bits per heavy atom. The van der Waals surface area contributed by atoms with Crippen molar-refractivity contribution in [1.82, 2.24) is 9.97 Å². The molecule has 0 aromatic carbocycles. The predicted octanol–water partition coefficient (Wildman–Crippen LogP) is 0.171. The Kier molecular flexibility index (Phi) is 4.20. The largest absolute Gasteiger partial charge is 0.369 e. The fraction of sp³-hybridized carbons (Fsp3) is 0.636. The van der Waals surface area contributed by atoms with Crippen molar-refractivity contribution in [2.75, 3.05) is 28.8 Å². The van der Waals surface area contributed by atoms with Gasteiger partial charge in [-0.3, -0.25) is 0 Å². The van der Waals surface area contributed by atoms with Crippen LogP contribution in [0.15, 0.2) is 6.33 Å². The molecule has 1 atom stereocenters. The van der Waals surface area contributed by atoms with Crippen LogP contribution in [0.3, 0.4) is 0 Å². The molecular formula is C11H19N5O2S. The second kappa shape index (κ2) is 5.70. The van der Waals surface area contributed by atoms with Crippen LogP contribution < -0.4 is 16.6 Å². The molecule has 1 fully saturated rings. The lowest BCUT2D eigenvalue weighted by Gasteiger charge is -2.14. The fourth-order valence-electron chi connectivity index (χ4n) is 2.30. The molecule has 2 heterocycles. The lowest BCUT2D eigenvalue weighted by atomic mass is 10.1. The van der Waals surface area contributed by atoms with E-state index in [2.05, 4.69) is 20.7 Å². The van der Waals surface area contributed by atoms with Crippen molar-refractivity contribution in [3.63, 3.8) is 0 Å². The van der Waals surface area contributed by atoms with Crippen molar-refractivity contribution in [3.05, 3.63) is 11.9 Å². The molecule has 0 amide bonds. The van der Waals surface area contributed by atoms with Crippen LogP contribution in [0.2, 0.25) is 0 Å². The predicted molar refractivity (Wildman–Crippen MR) is 74.5 cm³/mol. The molecule has 1 aliphatic heterocycles. The monoisotopic (exact) mass is 285 g/mol. The molecular weight excluding hydrogens is 266 g/mol. The Balaban J connectivity index is 2.04. The van der Waals surface area contributed by atoms with Crippen LogP contribution in [0.1, 0.15) is 18.9 Å². The van der Waals surface area contributed by atoms with E-state index in [4.69, 9.17) is 5.84 Å². The summed E-state index contributed by atoms with van der Waals surface area (Å²) >= 11 is 0. The number of anilines is 2. The Labute approximate surface area is 112 Å². The Bertz CT molecular complexity index is 546. The number of hydrogen-bond acceptors (Lipinski definition) is 7. The lowest BCUT2D eigenvalue weighted by Crippen LogP contribution is -2.19. The van der Waals surface area contributed by atoms with Crippen LogP contribution >= 0.6 is 0 Å². The zero-order valence-corrected chi connectivity index (χ0v) is 11.7. The summed E-state index contributed by atoms with van der Waals surface area (Å²) in [6.45, 7) is 2.60. The zero-order chi connectivity index (χ0) is 13.9. The molecule has 0 bridgehead atoms. The van der Waals surface area contributed by atoms with Crippen LogP contribution in [0.25, 0.3) is 0 Å². The van der Waals surface area contributed by atoms with Crippen LogP contribution in [-0.4, -0.2) is 36.4 Å². The molecule has 7 nitrogen and oxygen atoms in total. The van der Waals surface area contributed by atoms with E-state index < -0.39 is 9.84 Å². The van der Waals surface area contributed by atoms with Gasteiger partial charge in [0.2, 0.25) is 0 Å². The highest BCUT2D eigenvalue weighted by molar-refractivity contribution is 7.91. The number of nitrogens with zero attached hydrogens (tertiary/aromatic N) is 2. The van der Waals surface area contributed by atoms with Crippen molar-refractivity contribution in [2.45, 2.75) is 19.8 Å². The Morgan fingerprint density at radius 3 is 2.74 bits per heavy atom. The van der Waals surface area contributed by atoms with E-state index in [9.17, 15) is 8.42 Å². The van der Waals surface area contributed by atoms with Gasteiger partial charge in [0.25, 0.3) is 0 Å². The molecule has 106 valence electrons. The zero-order valence-electron chi connectivity index (χ0n) is 10.9. The topological polar surface area (TPSA) is 110 Å². The molecule has 2 rings (SSSR count). The fourth-order valence-corrected chi connectivity index (χ4v) is 4.16. The minimum Gasteiger partial charge on any atom is -0.369 e. The summed E-state index contributed by atoms with van der Waals surface area (Å²) in [4.78, 5) is 8.24. The van der Waals surface area contributed by atoms with Crippen LogP contribution in [-0.2, 0) is 16.3 Å². The van der Waals surface area contributed by atoms with Gasteiger partial charge in [-0.25, -0.2) is 24.2 Å². The highest BCUT2D eigenvalue weighted by Gasteiger charge is 2.27. The second-order valence-electron chi connectivity index (χ2n) is 4.70. The lowest BCUT2D eigenvalue weighted by molar-refractivity contribution is 0.595. The van der Waals surface area contributed by atoms with E-state index in [0.29, 0.717) is 24.5 Å². The first-order valence-electron chi connectivity index (χ1n) is 6.30. The quantitative estimate of drug-likeness (QED) is 0.522. The summed E-state index contributed by atoms with van der Waals surface area (Å²) in [5.74, 6) is 7.42. The van der Waals surface area contributed by atoms with E-state index in [1.165, 1.54) is 6.33 Å². The number of aromatic nitrogens is 2. The van der Waals surface area contributed by atoms with Crippen molar-refractivity contribution in [2.24, 2.45) is 11.8 Å². The highest BCUT2D eigenvalue weighted by atomic mass is 32.2. The summed E-state index contributed by atoms with van der Waals surface area (Å²) in [5.41, 5.74) is 3.45. The van der Waals surface area contributed by atoms with Crippen molar-refractivity contribution >= 4 is 21.5 Å². The summed E-state index contributed by atoms with van der Waals surface area (Å²) in [7, 11) is -2.83. The molecule has 0 aliphatic carbocycles. The molecule has 1 saturated heterocycles. The van der Waals surface area contributed by atoms with Gasteiger partial charge in [0, 0.05) is 12.1 Å².